The fourth-order valence-electron chi connectivity index (χ4n) is 2.96. The molecule has 4 aromatic rings. The predicted octanol–water partition coefficient (Wildman–Crippen LogP) is 3.67. The van der Waals surface area contributed by atoms with E-state index in [1.165, 1.54) is 12.1 Å². The SMILES string of the molecule is O=C(NCCn1c(-c2ccc(F)cc2)nc2cccnc21)c1ccccc1. The monoisotopic (exact) mass is 360 g/mol. The van der Waals surface area contributed by atoms with Crippen LogP contribution in [0.25, 0.3) is 22.6 Å². The number of fused-ring (bicyclic) bond motifs is 1. The summed E-state index contributed by atoms with van der Waals surface area (Å²) in [7, 11) is 0. The number of halogens is 1. The van der Waals surface area contributed by atoms with Crippen LogP contribution in [-0.4, -0.2) is 27.0 Å². The highest BCUT2D eigenvalue weighted by molar-refractivity contribution is 5.94. The van der Waals surface area contributed by atoms with E-state index in [0.717, 1.165) is 16.7 Å². The summed E-state index contributed by atoms with van der Waals surface area (Å²) >= 11 is 0. The second-order valence-electron chi connectivity index (χ2n) is 6.06. The molecule has 0 atom stereocenters. The number of pyridine rings is 1. The van der Waals surface area contributed by atoms with Gasteiger partial charge in [-0.25, -0.2) is 14.4 Å². The Morgan fingerprint density at radius 3 is 2.56 bits per heavy atom. The van der Waals surface area contributed by atoms with E-state index in [1.807, 2.05) is 34.9 Å². The molecule has 6 heteroatoms. The topological polar surface area (TPSA) is 59.8 Å². The number of carbonyl (C=O) groups excluding carboxylic acids is 1. The van der Waals surface area contributed by atoms with Crippen molar-refractivity contribution in [1.82, 2.24) is 19.9 Å². The number of nitrogens with zero attached hydrogens (tertiary/aromatic N) is 3. The summed E-state index contributed by atoms with van der Waals surface area (Å²) in [5, 5.41) is 2.91. The first-order chi connectivity index (χ1) is 13.2. The molecule has 0 bridgehead atoms. The largest absolute Gasteiger partial charge is 0.350 e. The molecule has 0 unspecified atom stereocenters. The summed E-state index contributed by atoms with van der Waals surface area (Å²) in [6.45, 7) is 0.919. The molecule has 0 saturated carbocycles. The van der Waals surface area contributed by atoms with Gasteiger partial charge in [-0.05, 0) is 48.5 Å². The Kier molecular flexibility index (Phi) is 4.61. The lowest BCUT2D eigenvalue weighted by molar-refractivity contribution is 0.0952. The molecule has 0 spiro atoms. The van der Waals surface area contributed by atoms with Crippen LogP contribution in [0.4, 0.5) is 4.39 Å². The van der Waals surface area contributed by atoms with E-state index >= 15 is 0 Å². The molecular formula is C21H17FN4O. The summed E-state index contributed by atoms with van der Waals surface area (Å²) in [6.07, 6.45) is 1.71. The van der Waals surface area contributed by atoms with Crippen molar-refractivity contribution in [3.63, 3.8) is 0 Å². The smallest absolute Gasteiger partial charge is 0.251 e. The van der Waals surface area contributed by atoms with Crippen molar-refractivity contribution >= 4 is 17.1 Å². The summed E-state index contributed by atoms with van der Waals surface area (Å²) in [5.41, 5.74) is 2.89. The molecule has 0 radical (unpaired) electrons. The van der Waals surface area contributed by atoms with Gasteiger partial charge in [0.25, 0.3) is 5.91 Å². The molecule has 2 aromatic heterocycles. The molecule has 2 heterocycles. The Morgan fingerprint density at radius 1 is 1.00 bits per heavy atom. The Morgan fingerprint density at radius 2 is 1.78 bits per heavy atom. The number of carbonyl (C=O) groups is 1. The molecule has 5 nitrogen and oxygen atoms in total. The van der Waals surface area contributed by atoms with E-state index < -0.39 is 0 Å². The average Bonchev–Trinajstić information content (AvgIpc) is 3.08. The number of hydrogen-bond acceptors (Lipinski definition) is 3. The summed E-state index contributed by atoms with van der Waals surface area (Å²) < 4.78 is 15.2. The zero-order valence-corrected chi connectivity index (χ0v) is 14.5. The number of imidazole rings is 1. The molecule has 0 aliphatic carbocycles. The van der Waals surface area contributed by atoms with Crippen molar-refractivity contribution in [3.8, 4) is 11.4 Å². The van der Waals surface area contributed by atoms with Crippen LogP contribution in [0.15, 0.2) is 72.9 Å². The van der Waals surface area contributed by atoms with Crippen LogP contribution < -0.4 is 5.32 Å². The van der Waals surface area contributed by atoms with Gasteiger partial charge in [-0.2, -0.15) is 0 Å². The van der Waals surface area contributed by atoms with Gasteiger partial charge < -0.3 is 9.88 Å². The number of rotatable bonds is 5. The minimum absolute atomic E-state index is 0.128. The number of hydrogen-bond donors (Lipinski definition) is 1. The molecule has 27 heavy (non-hydrogen) atoms. The van der Waals surface area contributed by atoms with Gasteiger partial charge in [0.15, 0.2) is 5.65 Å². The number of nitrogens with one attached hydrogen (secondary N) is 1. The quantitative estimate of drug-likeness (QED) is 0.591. The number of benzene rings is 2. The zero-order chi connectivity index (χ0) is 18.6. The number of amides is 1. The van der Waals surface area contributed by atoms with E-state index in [1.54, 1.807) is 30.5 Å². The van der Waals surface area contributed by atoms with Crippen molar-refractivity contribution in [2.24, 2.45) is 0 Å². The third kappa shape index (κ3) is 3.55. The molecular weight excluding hydrogens is 343 g/mol. The van der Waals surface area contributed by atoms with Crippen molar-refractivity contribution < 1.29 is 9.18 Å². The van der Waals surface area contributed by atoms with Crippen LogP contribution in [0.1, 0.15) is 10.4 Å². The third-order valence-corrected chi connectivity index (χ3v) is 4.26. The number of aromatic nitrogens is 3. The Balaban J connectivity index is 1.59. The van der Waals surface area contributed by atoms with E-state index in [2.05, 4.69) is 15.3 Å². The standard InChI is InChI=1S/C21H17FN4O/c22-17-10-8-15(9-11-17)19-25-18-7-4-12-23-20(18)26(19)14-13-24-21(27)16-5-2-1-3-6-16/h1-12H,13-14H2,(H,24,27). The molecule has 1 N–H and O–H groups in total. The van der Waals surface area contributed by atoms with Gasteiger partial charge in [-0.1, -0.05) is 18.2 Å². The maximum Gasteiger partial charge on any atom is 0.251 e. The summed E-state index contributed by atoms with van der Waals surface area (Å²) in [5.74, 6) is 0.267. The average molecular weight is 360 g/mol. The van der Waals surface area contributed by atoms with Gasteiger partial charge in [0.2, 0.25) is 0 Å². The van der Waals surface area contributed by atoms with Crippen LogP contribution in [0.2, 0.25) is 0 Å². The van der Waals surface area contributed by atoms with E-state index in [-0.39, 0.29) is 11.7 Å². The first-order valence-electron chi connectivity index (χ1n) is 8.63. The minimum atomic E-state index is -0.297. The van der Waals surface area contributed by atoms with Crippen molar-refractivity contribution in [1.29, 1.82) is 0 Å². The van der Waals surface area contributed by atoms with E-state index in [4.69, 9.17) is 0 Å². The molecule has 2 aromatic carbocycles. The van der Waals surface area contributed by atoms with E-state index in [0.29, 0.717) is 24.5 Å². The summed E-state index contributed by atoms with van der Waals surface area (Å²) in [6, 6.07) is 19.0. The van der Waals surface area contributed by atoms with Crippen molar-refractivity contribution in [2.75, 3.05) is 6.54 Å². The fourth-order valence-corrected chi connectivity index (χ4v) is 2.96. The highest BCUT2D eigenvalue weighted by Gasteiger charge is 2.14. The first-order valence-corrected chi connectivity index (χ1v) is 8.63. The van der Waals surface area contributed by atoms with Crippen LogP contribution in [0.5, 0.6) is 0 Å². The molecule has 1 amide bonds. The summed E-state index contributed by atoms with van der Waals surface area (Å²) in [4.78, 5) is 21.3. The molecule has 0 aliphatic rings. The minimum Gasteiger partial charge on any atom is -0.350 e. The van der Waals surface area contributed by atoms with Gasteiger partial charge in [-0.15, -0.1) is 0 Å². The lowest BCUT2D eigenvalue weighted by Gasteiger charge is -2.10. The van der Waals surface area contributed by atoms with Gasteiger partial charge >= 0.3 is 0 Å². The van der Waals surface area contributed by atoms with Crippen molar-refractivity contribution in [3.05, 3.63) is 84.3 Å². The van der Waals surface area contributed by atoms with Gasteiger partial charge in [-0.3, -0.25) is 4.79 Å². The second-order valence-corrected chi connectivity index (χ2v) is 6.06. The highest BCUT2D eigenvalue weighted by Crippen LogP contribution is 2.23. The maximum atomic E-state index is 13.3. The predicted molar refractivity (Wildman–Crippen MR) is 102 cm³/mol. The van der Waals surface area contributed by atoms with Gasteiger partial charge in [0.05, 0.1) is 0 Å². The fraction of sp³-hybridized carbons (Fsp3) is 0.0952. The third-order valence-electron chi connectivity index (χ3n) is 4.26. The Hall–Kier alpha value is -3.54. The maximum absolute atomic E-state index is 13.3. The molecule has 134 valence electrons. The first kappa shape index (κ1) is 16.9. The Labute approximate surface area is 155 Å². The zero-order valence-electron chi connectivity index (χ0n) is 14.5. The van der Waals surface area contributed by atoms with Crippen LogP contribution in [0, 0.1) is 5.82 Å². The lowest BCUT2D eigenvalue weighted by Crippen LogP contribution is -2.27. The second kappa shape index (κ2) is 7.37. The van der Waals surface area contributed by atoms with Crippen LogP contribution in [0.3, 0.4) is 0 Å². The van der Waals surface area contributed by atoms with Gasteiger partial charge in [0.1, 0.15) is 17.2 Å². The Bertz CT molecular complexity index is 1070. The van der Waals surface area contributed by atoms with Crippen LogP contribution >= 0.6 is 0 Å². The van der Waals surface area contributed by atoms with Crippen LogP contribution in [-0.2, 0) is 6.54 Å². The molecule has 0 aliphatic heterocycles. The highest BCUT2D eigenvalue weighted by atomic mass is 19.1. The normalized spacial score (nSPS) is 10.9. The lowest BCUT2D eigenvalue weighted by atomic mass is 10.2. The van der Waals surface area contributed by atoms with E-state index in [9.17, 15) is 9.18 Å². The van der Waals surface area contributed by atoms with Gasteiger partial charge in [0, 0.05) is 30.4 Å². The molecule has 4 rings (SSSR count). The molecule has 0 fully saturated rings. The van der Waals surface area contributed by atoms with Crippen molar-refractivity contribution in [2.45, 2.75) is 6.54 Å². The molecule has 0 saturated heterocycles.